The van der Waals surface area contributed by atoms with Crippen LogP contribution >= 0.6 is 11.6 Å². The molecule has 0 saturated carbocycles. The van der Waals surface area contributed by atoms with E-state index >= 15 is 0 Å². The Balaban J connectivity index is 1.32. The van der Waals surface area contributed by atoms with Crippen LogP contribution in [0.25, 0.3) is 22.3 Å². The summed E-state index contributed by atoms with van der Waals surface area (Å²) in [5.74, 6) is 1.50. The minimum Gasteiger partial charge on any atom is -0.484 e. The lowest BCUT2D eigenvalue weighted by Gasteiger charge is -2.35. The van der Waals surface area contributed by atoms with Gasteiger partial charge in [0.25, 0.3) is 5.91 Å². The van der Waals surface area contributed by atoms with Crippen molar-refractivity contribution in [3.63, 3.8) is 0 Å². The fourth-order valence-corrected chi connectivity index (χ4v) is 4.07. The summed E-state index contributed by atoms with van der Waals surface area (Å²) in [6.07, 6.45) is 0. The van der Waals surface area contributed by atoms with Gasteiger partial charge in [-0.25, -0.2) is 9.97 Å². The van der Waals surface area contributed by atoms with Crippen LogP contribution in [0, 0.1) is 0 Å². The first-order valence-corrected chi connectivity index (χ1v) is 11.4. The van der Waals surface area contributed by atoms with Gasteiger partial charge in [-0.3, -0.25) is 4.79 Å². The number of hydrogen-bond donors (Lipinski definition) is 1. The molecule has 4 aromatic rings. The highest BCUT2D eigenvalue weighted by Gasteiger charge is 2.24. The van der Waals surface area contributed by atoms with Gasteiger partial charge >= 0.3 is 0 Å². The van der Waals surface area contributed by atoms with Gasteiger partial charge in [-0.05, 0) is 36.4 Å². The monoisotopic (exact) mass is 474 g/mol. The van der Waals surface area contributed by atoms with E-state index in [4.69, 9.17) is 27.1 Å². The topological polar surface area (TPSA) is 97.5 Å². The second-order valence-electron chi connectivity index (χ2n) is 7.95. The predicted octanol–water partition coefficient (Wildman–Crippen LogP) is 3.66. The number of rotatable bonds is 5. The Bertz CT molecular complexity index is 1310. The lowest BCUT2D eigenvalue weighted by Crippen LogP contribution is -2.50. The number of nitrogen functional groups attached to an aromatic ring is 1. The van der Waals surface area contributed by atoms with E-state index in [-0.39, 0.29) is 18.5 Å². The van der Waals surface area contributed by atoms with Crippen molar-refractivity contribution in [1.82, 2.24) is 19.9 Å². The number of halogens is 1. The van der Waals surface area contributed by atoms with Crippen LogP contribution < -0.4 is 15.4 Å². The number of pyridine rings is 1. The molecule has 2 aromatic carbocycles. The number of hydrogen-bond acceptors (Lipinski definition) is 7. The molecule has 0 aliphatic carbocycles. The first-order chi connectivity index (χ1) is 16.6. The van der Waals surface area contributed by atoms with Crippen LogP contribution in [0.5, 0.6) is 5.75 Å². The Labute approximate surface area is 202 Å². The molecule has 3 heterocycles. The SMILES string of the molecule is Nc1nc(N2CCN(C(=O)COc3ccccc3)CC2)c2nc(-c3ccc(Cl)cc3)ccc2n1. The number of para-hydroxylation sites is 1. The summed E-state index contributed by atoms with van der Waals surface area (Å²) in [5, 5.41) is 0.669. The van der Waals surface area contributed by atoms with Crippen molar-refractivity contribution in [2.45, 2.75) is 0 Å². The van der Waals surface area contributed by atoms with Gasteiger partial charge in [0.2, 0.25) is 5.95 Å². The van der Waals surface area contributed by atoms with Gasteiger partial charge in [-0.2, -0.15) is 4.98 Å². The molecule has 0 radical (unpaired) electrons. The zero-order chi connectivity index (χ0) is 23.5. The van der Waals surface area contributed by atoms with E-state index in [0.717, 1.165) is 11.3 Å². The molecule has 9 heteroatoms. The van der Waals surface area contributed by atoms with Crippen molar-refractivity contribution in [2.24, 2.45) is 0 Å². The lowest BCUT2D eigenvalue weighted by molar-refractivity contribution is -0.133. The molecule has 172 valence electrons. The number of ether oxygens (including phenoxy) is 1. The van der Waals surface area contributed by atoms with Crippen LogP contribution in [-0.2, 0) is 4.79 Å². The molecule has 0 bridgehead atoms. The van der Waals surface area contributed by atoms with Gasteiger partial charge in [0, 0.05) is 36.8 Å². The summed E-state index contributed by atoms with van der Waals surface area (Å²) in [4.78, 5) is 30.2. The zero-order valence-electron chi connectivity index (χ0n) is 18.4. The number of nitrogens with two attached hydrogens (primary N) is 1. The lowest BCUT2D eigenvalue weighted by atomic mass is 10.1. The Kier molecular flexibility index (Phi) is 6.14. The van der Waals surface area contributed by atoms with E-state index in [9.17, 15) is 4.79 Å². The summed E-state index contributed by atoms with van der Waals surface area (Å²) in [5.41, 5.74) is 9.09. The number of aromatic nitrogens is 3. The smallest absolute Gasteiger partial charge is 0.260 e. The molecule has 34 heavy (non-hydrogen) atoms. The Morgan fingerprint density at radius 1 is 0.912 bits per heavy atom. The predicted molar refractivity (Wildman–Crippen MR) is 133 cm³/mol. The van der Waals surface area contributed by atoms with Crippen LogP contribution in [0.3, 0.4) is 0 Å². The van der Waals surface area contributed by atoms with Crippen molar-refractivity contribution in [2.75, 3.05) is 43.4 Å². The summed E-state index contributed by atoms with van der Waals surface area (Å²) >= 11 is 6.03. The molecule has 0 spiro atoms. The Hall–Kier alpha value is -3.91. The van der Waals surface area contributed by atoms with E-state index in [1.807, 2.05) is 66.7 Å². The average Bonchev–Trinajstić information content (AvgIpc) is 2.88. The van der Waals surface area contributed by atoms with Crippen molar-refractivity contribution >= 4 is 40.3 Å². The van der Waals surface area contributed by atoms with E-state index < -0.39 is 0 Å². The molecule has 1 amide bonds. The number of piperazine rings is 1. The summed E-state index contributed by atoms with van der Waals surface area (Å²) in [6, 6.07) is 20.7. The van der Waals surface area contributed by atoms with Gasteiger partial charge in [0.1, 0.15) is 11.3 Å². The van der Waals surface area contributed by atoms with Crippen LogP contribution in [0.4, 0.5) is 11.8 Å². The van der Waals surface area contributed by atoms with Crippen LogP contribution in [0.1, 0.15) is 0 Å². The Morgan fingerprint density at radius 3 is 2.38 bits per heavy atom. The molecule has 1 saturated heterocycles. The van der Waals surface area contributed by atoms with Crippen LogP contribution in [0.15, 0.2) is 66.7 Å². The molecule has 1 aliphatic heterocycles. The van der Waals surface area contributed by atoms with Crippen LogP contribution in [0.2, 0.25) is 5.02 Å². The number of nitrogens with zero attached hydrogens (tertiary/aromatic N) is 5. The standard InChI is InChI=1S/C25H23ClN6O2/c26-18-8-6-17(7-9-18)20-10-11-21-23(28-20)24(30-25(27)29-21)32-14-12-31(13-15-32)22(33)16-34-19-4-2-1-3-5-19/h1-11H,12-16H2,(H2,27,29,30). The maximum absolute atomic E-state index is 12.6. The minimum absolute atomic E-state index is 0.0133. The second-order valence-corrected chi connectivity index (χ2v) is 8.38. The average molecular weight is 475 g/mol. The molecular formula is C25H23ClN6O2. The quantitative estimate of drug-likeness (QED) is 0.471. The molecular weight excluding hydrogens is 452 g/mol. The molecule has 5 rings (SSSR count). The summed E-state index contributed by atoms with van der Waals surface area (Å²) in [6.45, 7) is 2.34. The van der Waals surface area contributed by atoms with Crippen molar-refractivity contribution in [3.05, 3.63) is 71.8 Å². The van der Waals surface area contributed by atoms with Crippen molar-refractivity contribution in [1.29, 1.82) is 0 Å². The van der Waals surface area contributed by atoms with Crippen LogP contribution in [-0.4, -0.2) is 58.5 Å². The molecule has 8 nitrogen and oxygen atoms in total. The van der Waals surface area contributed by atoms with Gasteiger partial charge in [-0.15, -0.1) is 0 Å². The molecule has 1 fully saturated rings. The fraction of sp³-hybridized carbons (Fsp3) is 0.200. The highest BCUT2D eigenvalue weighted by atomic mass is 35.5. The highest BCUT2D eigenvalue weighted by molar-refractivity contribution is 6.30. The largest absolute Gasteiger partial charge is 0.484 e. The maximum Gasteiger partial charge on any atom is 0.260 e. The van der Waals surface area contributed by atoms with Gasteiger partial charge in [0.15, 0.2) is 12.4 Å². The molecule has 2 N–H and O–H groups in total. The number of amides is 1. The summed E-state index contributed by atoms with van der Waals surface area (Å²) in [7, 11) is 0. The van der Waals surface area contributed by atoms with Gasteiger partial charge in [0.05, 0.1) is 11.2 Å². The molecule has 2 aromatic heterocycles. The van der Waals surface area contributed by atoms with Gasteiger partial charge < -0.3 is 20.3 Å². The number of anilines is 2. The zero-order valence-corrected chi connectivity index (χ0v) is 19.2. The number of carbonyl (C=O) groups excluding carboxylic acids is 1. The number of benzene rings is 2. The molecule has 1 aliphatic rings. The van der Waals surface area contributed by atoms with E-state index in [0.29, 0.717) is 53.8 Å². The first-order valence-electron chi connectivity index (χ1n) is 11.0. The number of fused-ring (bicyclic) bond motifs is 1. The Morgan fingerprint density at radius 2 is 1.65 bits per heavy atom. The van der Waals surface area contributed by atoms with Crippen molar-refractivity contribution in [3.8, 4) is 17.0 Å². The molecule has 0 atom stereocenters. The highest BCUT2D eigenvalue weighted by Crippen LogP contribution is 2.28. The fourth-order valence-electron chi connectivity index (χ4n) is 3.94. The molecule has 0 unspecified atom stereocenters. The second kappa shape index (κ2) is 9.52. The maximum atomic E-state index is 12.6. The third-order valence-corrected chi connectivity index (χ3v) is 5.97. The number of carbonyl (C=O) groups is 1. The van der Waals surface area contributed by atoms with E-state index in [1.54, 1.807) is 4.90 Å². The minimum atomic E-state index is -0.0429. The third-order valence-electron chi connectivity index (χ3n) is 5.72. The van der Waals surface area contributed by atoms with E-state index in [2.05, 4.69) is 14.9 Å². The third kappa shape index (κ3) is 4.72. The summed E-state index contributed by atoms with van der Waals surface area (Å²) < 4.78 is 5.61. The van der Waals surface area contributed by atoms with E-state index in [1.165, 1.54) is 0 Å². The normalized spacial score (nSPS) is 13.8. The van der Waals surface area contributed by atoms with Gasteiger partial charge in [-0.1, -0.05) is 41.9 Å². The first kappa shape index (κ1) is 21.9. The van der Waals surface area contributed by atoms with Crippen molar-refractivity contribution < 1.29 is 9.53 Å².